The number of hydrazine groups is 1. The van der Waals surface area contributed by atoms with Gasteiger partial charge >= 0.3 is 0 Å². The minimum Gasteiger partial charge on any atom is -0.383 e. The maximum Gasteiger partial charge on any atom is 0.262 e. The van der Waals surface area contributed by atoms with E-state index in [9.17, 15) is 19.5 Å². The molecule has 0 spiro atoms. The van der Waals surface area contributed by atoms with Crippen LogP contribution in [0.5, 0.6) is 0 Å². The van der Waals surface area contributed by atoms with Crippen molar-refractivity contribution in [3.63, 3.8) is 0 Å². The number of ketones is 1. The van der Waals surface area contributed by atoms with Gasteiger partial charge in [0.15, 0.2) is 11.2 Å². The van der Waals surface area contributed by atoms with Crippen LogP contribution >= 0.6 is 11.3 Å². The second kappa shape index (κ2) is 9.12. The smallest absolute Gasteiger partial charge is 0.262 e. The number of ether oxygens (including phenoxy) is 1. The summed E-state index contributed by atoms with van der Waals surface area (Å²) in [7, 11) is 3.23. The molecule has 12 heteroatoms. The lowest BCUT2D eigenvalue weighted by atomic mass is 9.94. The molecule has 2 aliphatic rings. The van der Waals surface area contributed by atoms with Crippen LogP contribution in [0.4, 0.5) is 5.13 Å². The largest absolute Gasteiger partial charge is 0.383 e. The van der Waals surface area contributed by atoms with Gasteiger partial charge in [-0.2, -0.15) is 0 Å². The van der Waals surface area contributed by atoms with Crippen LogP contribution in [0.3, 0.4) is 0 Å². The number of thiazole rings is 1. The molecule has 4 rings (SSSR count). The molecule has 32 heavy (non-hydrogen) atoms. The molecule has 2 amide bonds. The number of amides is 2. The van der Waals surface area contributed by atoms with E-state index in [-0.39, 0.29) is 12.2 Å². The van der Waals surface area contributed by atoms with Gasteiger partial charge < -0.3 is 14.7 Å². The lowest BCUT2D eigenvalue weighted by molar-refractivity contribution is -0.176. The number of carbonyl (C=O) groups excluding carboxylic acids is 3. The van der Waals surface area contributed by atoms with Crippen LogP contribution in [0.1, 0.15) is 0 Å². The number of rotatable bonds is 6. The number of aliphatic hydroxyl groups excluding tert-OH is 1. The summed E-state index contributed by atoms with van der Waals surface area (Å²) < 4.78 is 5.02. The van der Waals surface area contributed by atoms with Crippen LogP contribution in [-0.2, 0) is 19.1 Å². The van der Waals surface area contributed by atoms with Crippen molar-refractivity contribution in [2.75, 3.05) is 39.3 Å². The average Bonchev–Trinajstić information content (AvgIpc) is 3.26. The molecule has 168 valence electrons. The highest BCUT2D eigenvalue weighted by Gasteiger charge is 2.48. The number of Topliss-reactive ketones (excluding diaryl/α,β-unsaturated/α-hetero) is 1. The Hall–Kier alpha value is -3.19. The Balaban J connectivity index is 1.53. The van der Waals surface area contributed by atoms with E-state index in [1.54, 1.807) is 42.0 Å². The Morgan fingerprint density at radius 1 is 1.34 bits per heavy atom. The van der Waals surface area contributed by atoms with Crippen LogP contribution in [0, 0.1) is 0 Å². The van der Waals surface area contributed by atoms with Gasteiger partial charge in [0.1, 0.15) is 11.7 Å². The highest BCUT2D eigenvalue weighted by Crippen LogP contribution is 2.28. The van der Waals surface area contributed by atoms with E-state index in [2.05, 4.69) is 15.3 Å². The van der Waals surface area contributed by atoms with Crippen molar-refractivity contribution in [2.24, 2.45) is 0 Å². The fraction of sp³-hybridized carbons (Fsp3) is 0.350. The summed E-state index contributed by atoms with van der Waals surface area (Å²) in [6, 6.07) is 2.46. The Morgan fingerprint density at radius 3 is 2.81 bits per heavy atom. The molecule has 2 N–H and O–H groups in total. The highest BCUT2D eigenvalue weighted by atomic mass is 32.1. The molecule has 2 aromatic heterocycles. The van der Waals surface area contributed by atoms with Crippen LogP contribution < -0.4 is 5.32 Å². The van der Waals surface area contributed by atoms with Crippen LogP contribution in [-0.4, -0.2) is 93.7 Å². The zero-order valence-corrected chi connectivity index (χ0v) is 18.3. The normalized spacial score (nSPS) is 21.4. The van der Waals surface area contributed by atoms with E-state index >= 15 is 0 Å². The molecular formula is C20H22N6O5S. The summed E-state index contributed by atoms with van der Waals surface area (Å²) in [6.45, 7) is 0.883. The lowest BCUT2D eigenvalue weighted by Gasteiger charge is -2.48. The number of hydrogen-bond acceptors (Lipinski definition) is 10. The summed E-state index contributed by atoms with van der Waals surface area (Å²) >= 11 is 1.21. The lowest BCUT2D eigenvalue weighted by Crippen LogP contribution is -2.68. The number of carbonyl (C=O) groups is 3. The number of hydrogen-bond donors (Lipinski definition) is 2. The molecule has 1 fully saturated rings. The van der Waals surface area contributed by atoms with E-state index in [0.717, 1.165) is 5.56 Å². The number of aliphatic hydroxyl groups is 1. The first-order valence-corrected chi connectivity index (χ1v) is 10.7. The van der Waals surface area contributed by atoms with Crippen LogP contribution in [0.15, 0.2) is 41.7 Å². The van der Waals surface area contributed by atoms with Crippen LogP contribution in [0.2, 0.25) is 0 Å². The number of nitrogens with zero attached hydrogens (tertiary/aromatic N) is 5. The van der Waals surface area contributed by atoms with E-state index in [1.807, 2.05) is 0 Å². The molecule has 2 unspecified atom stereocenters. The maximum absolute atomic E-state index is 12.8. The van der Waals surface area contributed by atoms with Gasteiger partial charge in [0.2, 0.25) is 5.78 Å². The van der Waals surface area contributed by atoms with Gasteiger partial charge in [-0.1, -0.05) is 0 Å². The van der Waals surface area contributed by atoms with Crippen molar-refractivity contribution in [3.05, 3.63) is 41.7 Å². The molecule has 0 bridgehead atoms. The zero-order chi connectivity index (χ0) is 22.8. The fourth-order valence-corrected chi connectivity index (χ4v) is 4.28. The second-order valence-electron chi connectivity index (χ2n) is 7.30. The van der Waals surface area contributed by atoms with E-state index in [1.165, 1.54) is 34.6 Å². The first-order chi connectivity index (χ1) is 15.4. The van der Waals surface area contributed by atoms with Gasteiger partial charge in [-0.05, 0) is 12.1 Å². The quantitative estimate of drug-likeness (QED) is 0.572. The molecule has 4 heterocycles. The third-order valence-corrected chi connectivity index (χ3v) is 5.98. The predicted octanol–water partition coefficient (Wildman–Crippen LogP) is -0.0654. The third kappa shape index (κ3) is 4.12. The molecule has 2 atom stereocenters. The minimum absolute atomic E-state index is 0.229. The predicted molar refractivity (Wildman–Crippen MR) is 115 cm³/mol. The number of nitrogens with one attached hydrogen (secondary N) is 1. The van der Waals surface area contributed by atoms with Crippen molar-refractivity contribution < 1.29 is 24.2 Å². The Morgan fingerprint density at radius 2 is 2.09 bits per heavy atom. The zero-order valence-electron chi connectivity index (χ0n) is 17.5. The SMILES string of the molecule is COCCN1CN(C)N2C=C(C(=O)Nc3nc(-c4ccncc4)cs3)C(=O)C(O)C2C1=O. The molecule has 0 aliphatic carbocycles. The minimum atomic E-state index is -1.68. The highest BCUT2D eigenvalue weighted by molar-refractivity contribution is 7.14. The molecular weight excluding hydrogens is 436 g/mol. The Bertz CT molecular complexity index is 1060. The van der Waals surface area contributed by atoms with E-state index in [4.69, 9.17) is 4.74 Å². The Kier molecular flexibility index (Phi) is 6.28. The number of pyridine rings is 1. The summed E-state index contributed by atoms with van der Waals surface area (Å²) in [5.41, 5.74) is 1.25. The number of methoxy groups -OCH3 is 1. The van der Waals surface area contributed by atoms with Crippen molar-refractivity contribution in [1.82, 2.24) is 24.9 Å². The molecule has 0 aromatic carbocycles. The second-order valence-corrected chi connectivity index (χ2v) is 8.16. The molecule has 11 nitrogen and oxygen atoms in total. The van der Waals surface area contributed by atoms with Gasteiger partial charge in [0.05, 0.1) is 19.0 Å². The molecule has 2 aliphatic heterocycles. The summed E-state index contributed by atoms with van der Waals surface area (Å²) in [5, 5.41) is 18.4. The molecule has 2 aromatic rings. The molecule has 0 radical (unpaired) electrons. The number of anilines is 1. The van der Waals surface area contributed by atoms with Gasteiger partial charge in [-0.3, -0.25) is 29.7 Å². The summed E-state index contributed by atoms with van der Waals surface area (Å²) in [6.07, 6.45) is 2.91. The summed E-state index contributed by atoms with van der Waals surface area (Å²) in [5.74, 6) is -1.92. The van der Waals surface area contributed by atoms with Gasteiger partial charge in [-0.25, -0.2) is 9.99 Å². The van der Waals surface area contributed by atoms with Crippen molar-refractivity contribution in [2.45, 2.75) is 12.1 Å². The number of aromatic nitrogens is 2. The van der Waals surface area contributed by atoms with Crippen LogP contribution in [0.25, 0.3) is 11.3 Å². The van der Waals surface area contributed by atoms with Gasteiger partial charge in [0, 0.05) is 50.2 Å². The summed E-state index contributed by atoms with van der Waals surface area (Å²) in [4.78, 5) is 48.2. The standard InChI is InChI=1S/C20H22N6O5S/c1-24-11-25(7-8-31-2)19(30)15-17(28)16(27)13(9-26(15)24)18(29)23-20-22-14(10-32-20)12-3-5-21-6-4-12/h3-6,9-10,15,17,28H,7-8,11H2,1-2H3,(H,22,23,29). The monoisotopic (exact) mass is 458 g/mol. The van der Waals surface area contributed by atoms with Crippen molar-refractivity contribution in [1.29, 1.82) is 0 Å². The van der Waals surface area contributed by atoms with Crippen molar-refractivity contribution >= 4 is 34.1 Å². The van der Waals surface area contributed by atoms with Gasteiger partial charge in [-0.15, -0.1) is 11.3 Å². The first kappa shape index (κ1) is 22.0. The third-order valence-electron chi connectivity index (χ3n) is 5.22. The molecule has 0 saturated carbocycles. The first-order valence-electron chi connectivity index (χ1n) is 9.79. The van der Waals surface area contributed by atoms with E-state index in [0.29, 0.717) is 24.0 Å². The van der Waals surface area contributed by atoms with E-state index < -0.39 is 29.7 Å². The van der Waals surface area contributed by atoms with Gasteiger partial charge in [0.25, 0.3) is 11.8 Å². The average molecular weight is 459 g/mol. The number of fused-ring (bicyclic) bond motifs is 1. The fourth-order valence-electron chi connectivity index (χ4n) is 3.56. The Labute approximate surface area is 187 Å². The molecule has 1 saturated heterocycles. The maximum atomic E-state index is 12.8. The van der Waals surface area contributed by atoms with Crippen molar-refractivity contribution in [3.8, 4) is 11.3 Å². The topological polar surface area (TPSA) is 128 Å².